The van der Waals surface area contributed by atoms with Gasteiger partial charge in [0.2, 0.25) is 11.8 Å². The minimum absolute atomic E-state index is 0.0917. The summed E-state index contributed by atoms with van der Waals surface area (Å²) in [7, 11) is 0. The molecule has 27 heavy (non-hydrogen) atoms. The van der Waals surface area contributed by atoms with Gasteiger partial charge in [0, 0.05) is 32.6 Å². The number of nitrogens with zero attached hydrogens (tertiary/aromatic N) is 3. The van der Waals surface area contributed by atoms with Crippen LogP contribution in [0.15, 0.2) is 24.3 Å². The molecule has 0 aromatic heterocycles. The number of carbonyl (C=O) groups excluding carboxylic acids is 2. The van der Waals surface area contributed by atoms with Crippen LogP contribution < -0.4 is 4.74 Å². The molecule has 0 radical (unpaired) electrons. The number of nitriles is 1. The summed E-state index contributed by atoms with van der Waals surface area (Å²) in [5.41, 5.74) is 1.38. The average molecular weight is 371 g/mol. The molecule has 0 unspecified atom stereocenters. The molecule has 0 bridgehead atoms. The van der Waals surface area contributed by atoms with Gasteiger partial charge in [-0.1, -0.05) is 32.9 Å². The molecule has 1 aromatic carbocycles. The zero-order valence-electron chi connectivity index (χ0n) is 16.5. The molecule has 1 aromatic rings. The van der Waals surface area contributed by atoms with E-state index in [0.29, 0.717) is 45.6 Å². The number of benzene rings is 1. The summed E-state index contributed by atoms with van der Waals surface area (Å²) in [4.78, 5) is 27.4. The minimum Gasteiger partial charge on any atom is -0.494 e. The van der Waals surface area contributed by atoms with Gasteiger partial charge in [-0.15, -0.1) is 0 Å². The van der Waals surface area contributed by atoms with Crippen LogP contribution in [0.25, 0.3) is 0 Å². The topological polar surface area (TPSA) is 73.6 Å². The summed E-state index contributed by atoms with van der Waals surface area (Å²) in [5.74, 6) is 0.754. The molecular formula is C21H29N3O3. The van der Waals surface area contributed by atoms with Crippen molar-refractivity contribution < 1.29 is 14.3 Å². The second kappa shape index (κ2) is 9.40. The fourth-order valence-corrected chi connectivity index (χ4v) is 3.01. The molecule has 146 valence electrons. The number of ether oxygens (including phenoxy) is 1. The zero-order chi connectivity index (χ0) is 19.9. The Morgan fingerprint density at radius 3 is 2.11 bits per heavy atom. The van der Waals surface area contributed by atoms with Crippen LogP contribution in [-0.4, -0.2) is 54.4 Å². The summed E-state index contributed by atoms with van der Waals surface area (Å²) < 4.78 is 5.73. The van der Waals surface area contributed by atoms with E-state index in [0.717, 1.165) is 5.75 Å². The second-order valence-corrected chi connectivity index (χ2v) is 7.82. The number of hydrogen-bond acceptors (Lipinski definition) is 4. The van der Waals surface area contributed by atoms with Crippen molar-refractivity contribution >= 4 is 11.8 Å². The second-order valence-electron chi connectivity index (χ2n) is 7.82. The van der Waals surface area contributed by atoms with Crippen LogP contribution in [0.2, 0.25) is 0 Å². The third kappa shape index (κ3) is 6.28. The lowest BCUT2D eigenvalue weighted by atomic mass is 9.87. The first-order chi connectivity index (χ1) is 12.8. The Bertz CT molecular complexity index is 678. The highest BCUT2D eigenvalue weighted by atomic mass is 16.5. The first kappa shape index (κ1) is 20.8. The molecule has 1 aliphatic rings. The summed E-state index contributed by atoms with van der Waals surface area (Å²) in [5, 5.41) is 8.59. The third-order valence-corrected chi connectivity index (χ3v) is 4.74. The quantitative estimate of drug-likeness (QED) is 0.721. The molecule has 2 amide bonds. The van der Waals surface area contributed by atoms with Gasteiger partial charge in [-0.2, -0.15) is 5.26 Å². The van der Waals surface area contributed by atoms with Gasteiger partial charge in [0.1, 0.15) is 12.2 Å². The summed E-state index contributed by atoms with van der Waals surface area (Å²) in [6.07, 6.45) is 1.00. The largest absolute Gasteiger partial charge is 0.494 e. The van der Waals surface area contributed by atoms with Crippen LogP contribution in [-0.2, 0) is 15.0 Å². The van der Waals surface area contributed by atoms with Crippen LogP contribution in [0.1, 0.15) is 45.6 Å². The molecule has 1 saturated heterocycles. The number of carbonyl (C=O) groups is 2. The lowest BCUT2D eigenvalue weighted by molar-refractivity contribution is -0.139. The molecule has 1 heterocycles. The highest BCUT2D eigenvalue weighted by molar-refractivity contribution is 5.79. The molecule has 6 heteroatoms. The van der Waals surface area contributed by atoms with Gasteiger partial charge >= 0.3 is 0 Å². The van der Waals surface area contributed by atoms with Crippen LogP contribution in [0.3, 0.4) is 0 Å². The predicted octanol–water partition coefficient (Wildman–Crippen LogP) is 2.73. The van der Waals surface area contributed by atoms with Crippen molar-refractivity contribution in [3.8, 4) is 11.8 Å². The maximum atomic E-state index is 12.3. The Balaban J connectivity index is 1.67. The monoisotopic (exact) mass is 371 g/mol. The van der Waals surface area contributed by atoms with Crippen molar-refractivity contribution in [2.75, 3.05) is 32.8 Å². The molecule has 1 fully saturated rings. The summed E-state index contributed by atoms with van der Waals surface area (Å²) in [6, 6.07) is 9.97. The van der Waals surface area contributed by atoms with E-state index in [2.05, 4.69) is 32.9 Å². The zero-order valence-corrected chi connectivity index (χ0v) is 16.5. The Kier molecular flexibility index (Phi) is 7.23. The average Bonchev–Trinajstić information content (AvgIpc) is 2.65. The number of rotatable bonds is 6. The number of amides is 2. The Morgan fingerprint density at radius 1 is 1.04 bits per heavy atom. The smallest absolute Gasteiger partial charge is 0.236 e. The Morgan fingerprint density at radius 2 is 1.59 bits per heavy atom. The molecule has 1 aliphatic heterocycles. The van der Waals surface area contributed by atoms with Gasteiger partial charge in [0.05, 0.1) is 12.7 Å². The van der Waals surface area contributed by atoms with E-state index in [-0.39, 0.29) is 23.7 Å². The van der Waals surface area contributed by atoms with Gasteiger partial charge in [-0.3, -0.25) is 9.59 Å². The maximum absolute atomic E-state index is 12.3. The van der Waals surface area contributed by atoms with E-state index < -0.39 is 0 Å². The molecule has 6 nitrogen and oxygen atoms in total. The minimum atomic E-state index is -0.157. The van der Waals surface area contributed by atoms with E-state index >= 15 is 0 Å². The van der Waals surface area contributed by atoms with E-state index in [1.54, 1.807) is 9.80 Å². The normalized spacial score (nSPS) is 14.6. The lowest BCUT2D eigenvalue weighted by Crippen LogP contribution is -2.50. The van der Waals surface area contributed by atoms with Gasteiger partial charge < -0.3 is 14.5 Å². The molecule has 0 N–H and O–H groups in total. The highest BCUT2D eigenvalue weighted by Crippen LogP contribution is 2.24. The standard InChI is InChI=1S/C21H29N3O3/c1-21(2,3)17-6-8-18(9-7-17)27-16-4-5-19(25)23-12-14-24(15-13-23)20(26)10-11-22/h6-9H,4-5,10,12-16H2,1-3H3. The molecule has 0 atom stereocenters. The highest BCUT2D eigenvalue weighted by Gasteiger charge is 2.23. The van der Waals surface area contributed by atoms with Crippen molar-refractivity contribution in [1.82, 2.24) is 9.80 Å². The molecular weight excluding hydrogens is 342 g/mol. The summed E-state index contributed by atoms with van der Waals surface area (Å²) in [6.45, 7) is 9.10. The van der Waals surface area contributed by atoms with E-state index in [9.17, 15) is 9.59 Å². The Hall–Kier alpha value is -2.55. The van der Waals surface area contributed by atoms with Crippen LogP contribution in [0.5, 0.6) is 5.75 Å². The first-order valence-electron chi connectivity index (χ1n) is 9.47. The summed E-state index contributed by atoms with van der Waals surface area (Å²) >= 11 is 0. The van der Waals surface area contributed by atoms with Crippen molar-refractivity contribution in [2.24, 2.45) is 0 Å². The van der Waals surface area contributed by atoms with Gasteiger partial charge in [0.25, 0.3) is 0 Å². The van der Waals surface area contributed by atoms with Crippen LogP contribution in [0.4, 0.5) is 0 Å². The predicted molar refractivity (Wildman–Crippen MR) is 103 cm³/mol. The lowest BCUT2D eigenvalue weighted by Gasteiger charge is -2.34. The molecule has 0 spiro atoms. The van der Waals surface area contributed by atoms with Gasteiger partial charge in [0.15, 0.2) is 0 Å². The molecule has 2 rings (SSSR count). The van der Waals surface area contributed by atoms with E-state index in [1.165, 1.54) is 5.56 Å². The molecule has 0 saturated carbocycles. The van der Waals surface area contributed by atoms with Crippen LogP contribution in [0, 0.1) is 11.3 Å². The van der Waals surface area contributed by atoms with Crippen molar-refractivity contribution in [2.45, 2.75) is 45.4 Å². The fourth-order valence-electron chi connectivity index (χ4n) is 3.01. The van der Waals surface area contributed by atoms with Crippen molar-refractivity contribution in [3.05, 3.63) is 29.8 Å². The van der Waals surface area contributed by atoms with E-state index in [1.807, 2.05) is 18.2 Å². The van der Waals surface area contributed by atoms with Crippen molar-refractivity contribution in [3.63, 3.8) is 0 Å². The fraction of sp³-hybridized carbons (Fsp3) is 0.571. The SMILES string of the molecule is CC(C)(C)c1ccc(OCCCC(=O)N2CCN(C(=O)CC#N)CC2)cc1. The number of hydrogen-bond donors (Lipinski definition) is 0. The maximum Gasteiger partial charge on any atom is 0.236 e. The van der Waals surface area contributed by atoms with Gasteiger partial charge in [-0.25, -0.2) is 0 Å². The third-order valence-electron chi connectivity index (χ3n) is 4.74. The number of piperazine rings is 1. The van der Waals surface area contributed by atoms with Gasteiger partial charge in [-0.05, 0) is 29.5 Å². The van der Waals surface area contributed by atoms with Crippen LogP contribution >= 0.6 is 0 Å². The molecule has 0 aliphatic carbocycles. The van der Waals surface area contributed by atoms with Crippen molar-refractivity contribution in [1.29, 1.82) is 5.26 Å². The Labute approximate surface area is 161 Å². The first-order valence-corrected chi connectivity index (χ1v) is 9.47. The van der Waals surface area contributed by atoms with E-state index in [4.69, 9.17) is 10.00 Å².